The molecule has 0 fully saturated rings. The van der Waals surface area contributed by atoms with Gasteiger partial charge in [0.15, 0.2) is 5.69 Å². The summed E-state index contributed by atoms with van der Waals surface area (Å²) in [5.74, 6) is 2.06. The number of halogens is 4. The number of thioether (sulfide) groups is 1. The first-order chi connectivity index (χ1) is 8.82. The van der Waals surface area contributed by atoms with Crippen molar-refractivity contribution in [1.82, 2.24) is 9.97 Å². The minimum atomic E-state index is -4.52. The summed E-state index contributed by atoms with van der Waals surface area (Å²) in [6.07, 6.45) is -3.69. The van der Waals surface area contributed by atoms with Gasteiger partial charge in [-0.2, -0.15) is 24.9 Å². The van der Waals surface area contributed by atoms with Gasteiger partial charge in [-0.3, -0.25) is 0 Å². The van der Waals surface area contributed by atoms with Crippen molar-refractivity contribution in [3.63, 3.8) is 0 Å². The first kappa shape index (κ1) is 16.4. The Labute approximate surface area is 119 Å². The summed E-state index contributed by atoms with van der Waals surface area (Å²) < 4.78 is 37.7. The van der Waals surface area contributed by atoms with E-state index in [2.05, 4.69) is 22.2 Å². The Kier molecular flexibility index (Phi) is 6.19. The maximum Gasteiger partial charge on any atom is 0.433 e. The molecule has 3 nitrogen and oxygen atoms in total. The second-order valence-electron chi connectivity index (χ2n) is 3.94. The molecule has 19 heavy (non-hydrogen) atoms. The van der Waals surface area contributed by atoms with E-state index >= 15 is 0 Å². The highest BCUT2D eigenvalue weighted by molar-refractivity contribution is 7.99. The smallest absolute Gasteiger partial charge is 0.367 e. The summed E-state index contributed by atoms with van der Waals surface area (Å²) in [6.45, 7) is 3.95. The van der Waals surface area contributed by atoms with Crippen molar-refractivity contribution in [3.05, 3.63) is 17.0 Å². The molecule has 0 amide bonds. The van der Waals surface area contributed by atoms with Crippen LogP contribution in [0.25, 0.3) is 0 Å². The van der Waals surface area contributed by atoms with Gasteiger partial charge in [0.05, 0.1) is 0 Å². The number of hydrogen-bond donors (Lipinski definition) is 1. The number of alkyl halides is 3. The van der Waals surface area contributed by atoms with Crippen LogP contribution in [0.5, 0.6) is 0 Å². The van der Waals surface area contributed by atoms with E-state index in [0.29, 0.717) is 0 Å². The second-order valence-corrected chi connectivity index (χ2v) is 5.67. The molecule has 1 unspecified atom stereocenters. The Hall–Kier alpha value is -0.690. The van der Waals surface area contributed by atoms with Crippen molar-refractivity contribution in [3.8, 4) is 0 Å². The van der Waals surface area contributed by atoms with E-state index in [9.17, 15) is 13.2 Å². The SMILES string of the molecule is CCSCCC(C)Nc1cc(C(F)(F)F)nc(Cl)n1. The summed E-state index contributed by atoms with van der Waals surface area (Å²) in [4.78, 5) is 6.92. The topological polar surface area (TPSA) is 37.8 Å². The molecular formula is C11H15ClF3N3S. The van der Waals surface area contributed by atoms with Crippen molar-refractivity contribution in [1.29, 1.82) is 0 Å². The van der Waals surface area contributed by atoms with E-state index in [0.717, 1.165) is 24.0 Å². The molecule has 0 spiro atoms. The highest BCUT2D eigenvalue weighted by Crippen LogP contribution is 2.29. The Morgan fingerprint density at radius 3 is 2.68 bits per heavy atom. The number of anilines is 1. The number of nitrogens with one attached hydrogen (secondary N) is 1. The molecule has 1 aromatic heterocycles. The molecule has 0 saturated heterocycles. The number of aromatic nitrogens is 2. The summed E-state index contributed by atoms with van der Waals surface area (Å²) >= 11 is 7.28. The fraction of sp³-hybridized carbons (Fsp3) is 0.636. The van der Waals surface area contributed by atoms with Crippen LogP contribution >= 0.6 is 23.4 Å². The van der Waals surface area contributed by atoms with Gasteiger partial charge in [-0.25, -0.2) is 9.97 Å². The minimum Gasteiger partial charge on any atom is -0.367 e. The third-order valence-electron chi connectivity index (χ3n) is 2.28. The Morgan fingerprint density at radius 2 is 2.11 bits per heavy atom. The van der Waals surface area contributed by atoms with Crippen molar-refractivity contribution >= 4 is 29.2 Å². The van der Waals surface area contributed by atoms with Crippen LogP contribution in [-0.2, 0) is 6.18 Å². The van der Waals surface area contributed by atoms with Gasteiger partial charge in [0, 0.05) is 12.1 Å². The monoisotopic (exact) mass is 313 g/mol. The molecular weight excluding hydrogens is 299 g/mol. The van der Waals surface area contributed by atoms with Crippen LogP contribution in [0.15, 0.2) is 6.07 Å². The van der Waals surface area contributed by atoms with Crippen molar-refractivity contribution in [2.45, 2.75) is 32.5 Å². The molecule has 1 rings (SSSR count). The van der Waals surface area contributed by atoms with E-state index in [1.165, 1.54) is 0 Å². The van der Waals surface area contributed by atoms with Crippen molar-refractivity contribution in [2.75, 3.05) is 16.8 Å². The predicted molar refractivity (Wildman–Crippen MR) is 72.7 cm³/mol. The van der Waals surface area contributed by atoms with Gasteiger partial charge in [-0.1, -0.05) is 6.92 Å². The lowest BCUT2D eigenvalue weighted by molar-refractivity contribution is -0.141. The zero-order valence-corrected chi connectivity index (χ0v) is 12.2. The van der Waals surface area contributed by atoms with Crippen LogP contribution in [0, 0.1) is 0 Å². The predicted octanol–water partition coefficient (Wildman–Crippen LogP) is 4.09. The maximum absolute atomic E-state index is 12.6. The molecule has 0 aliphatic carbocycles. The van der Waals surface area contributed by atoms with Gasteiger partial charge in [0.1, 0.15) is 5.82 Å². The number of hydrogen-bond acceptors (Lipinski definition) is 4. The lowest BCUT2D eigenvalue weighted by Gasteiger charge is -2.15. The quantitative estimate of drug-likeness (QED) is 0.634. The highest BCUT2D eigenvalue weighted by Gasteiger charge is 2.33. The molecule has 1 aromatic rings. The lowest BCUT2D eigenvalue weighted by Crippen LogP contribution is -2.18. The Balaban J connectivity index is 2.70. The summed E-state index contributed by atoms with van der Waals surface area (Å²) in [5.41, 5.74) is -1.04. The third-order valence-corrected chi connectivity index (χ3v) is 3.38. The molecule has 0 radical (unpaired) electrons. The highest BCUT2D eigenvalue weighted by atomic mass is 35.5. The van der Waals surface area contributed by atoms with Crippen LogP contribution < -0.4 is 5.32 Å². The van der Waals surface area contributed by atoms with Gasteiger partial charge in [-0.05, 0) is 36.5 Å². The zero-order valence-electron chi connectivity index (χ0n) is 10.6. The first-order valence-electron chi connectivity index (χ1n) is 5.79. The van der Waals surface area contributed by atoms with Crippen LogP contribution in [0.1, 0.15) is 26.0 Å². The Bertz CT molecular complexity index is 415. The van der Waals surface area contributed by atoms with E-state index in [1.54, 1.807) is 11.8 Å². The molecule has 1 heterocycles. The molecule has 0 saturated carbocycles. The van der Waals surface area contributed by atoms with Gasteiger partial charge >= 0.3 is 6.18 Å². The van der Waals surface area contributed by atoms with Crippen molar-refractivity contribution < 1.29 is 13.2 Å². The van der Waals surface area contributed by atoms with E-state index < -0.39 is 17.2 Å². The molecule has 1 N–H and O–H groups in total. The van der Waals surface area contributed by atoms with E-state index in [-0.39, 0.29) is 11.9 Å². The summed E-state index contributed by atoms with van der Waals surface area (Å²) in [5, 5.41) is 2.50. The maximum atomic E-state index is 12.6. The number of nitrogens with zero attached hydrogens (tertiary/aromatic N) is 2. The molecule has 0 bridgehead atoms. The molecule has 0 aliphatic heterocycles. The van der Waals surface area contributed by atoms with Gasteiger partial charge in [0.25, 0.3) is 0 Å². The van der Waals surface area contributed by atoms with Crippen LogP contribution in [0.2, 0.25) is 5.28 Å². The standard InChI is InChI=1S/C11H15ClF3N3S/c1-3-19-5-4-7(2)16-9-6-8(11(13,14)15)17-10(12)18-9/h6-7H,3-5H2,1-2H3,(H,16,17,18). The normalized spacial score (nSPS) is 13.4. The van der Waals surface area contributed by atoms with Crippen LogP contribution in [0.3, 0.4) is 0 Å². The van der Waals surface area contributed by atoms with E-state index in [4.69, 9.17) is 11.6 Å². The van der Waals surface area contributed by atoms with Crippen LogP contribution in [0.4, 0.5) is 19.0 Å². The van der Waals surface area contributed by atoms with Gasteiger partial charge in [-0.15, -0.1) is 0 Å². The summed E-state index contributed by atoms with van der Waals surface area (Å²) in [7, 11) is 0. The second kappa shape index (κ2) is 7.19. The largest absolute Gasteiger partial charge is 0.433 e. The van der Waals surface area contributed by atoms with Crippen LogP contribution in [-0.4, -0.2) is 27.5 Å². The first-order valence-corrected chi connectivity index (χ1v) is 7.32. The molecule has 0 aromatic carbocycles. The van der Waals surface area contributed by atoms with Crippen molar-refractivity contribution in [2.24, 2.45) is 0 Å². The summed E-state index contributed by atoms with van der Waals surface area (Å²) in [6, 6.07) is 0.890. The minimum absolute atomic E-state index is 0.0195. The molecule has 108 valence electrons. The third kappa shape index (κ3) is 5.86. The average molecular weight is 314 g/mol. The fourth-order valence-electron chi connectivity index (χ4n) is 1.37. The number of rotatable bonds is 6. The molecule has 0 aliphatic rings. The van der Waals surface area contributed by atoms with Gasteiger partial charge in [0.2, 0.25) is 5.28 Å². The van der Waals surface area contributed by atoms with E-state index in [1.807, 2.05) is 6.92 Å². The molecule has 8 heteroatoms. The lowest BCUT2D eigenvalue weighted by atomic mass is 10.2. The zero-order chi connectivity index (χ0) is 14.5. The molecule has 1 atom stereocenters. The Morgan fingerprint density at radius 1 is 1.42 bits per heavy atom. The average Bonchev–Trinajstić information content (AvgIpc) is 2.27. The van der Waals surface area contributed by atoms with Gasteiger partial charge < -0.3 is 5.32 Å². The fourth-order valence-corrected chi connectivity index (χ4v) is 2.36.